The van der Waals surface area contributed by atoms with E-state index in [1.165, 1.54) is 17.7 Å². The predicted octanol–water partition coefficient (Wildman–Crippen LogP) is 2.28. The molecule has 0 radical (unpaired) electrons. The van der Waals surface area contributed by atoms with Crippen LogP contribution in [0.5, 0.6) is 0 Å². The minimum absolute atomic E-state index is 0.227. The van der Waals surface area contributed by atoms with Crippen molar-refractivity contribution in [2.24, 2.45) is 0 Å². The summed E-state index contributed by atoms with van der Waals surface area (Å²) in [5.74, 6) is 1.20. The van der Waals surface area contributed by atoms with Gasteiger partial charge in [-0.3, -0.25) is 4.79 Å². The Morgan fingerprint density at radius 2 is 2.35 bits per heavy atom. The van der Waals surface area contributed by atoms with E-state index < -0.39 is 0 Å². The zero-order valence-corrected chi connectivity index (χ0v) is 13.8. The zero-order valence-electron chi connectivity index (χ0n) is 13.0. The summed E-state index contributed by atoms with van der Waals surface area (Å²) in [5, 5.41) is 5.56. The van der Waals surface area contributed by atoms with Crippen LogP contribution in [-0.2, 0) is 24.1 Å². The molecule has 5 nitrogen and oxygen atoms in total. The van der Waals surface area contributed by atoms with E-state index in [2.05, 4.69) is 15.3 Å². The fraction of sp³-hybridized carbons (Fsp3) is 0.471. The van der Waals surface area contributed by atoms with Crippen molar-refractivity contribution in [2.75, 3.05) is 18.4 Å². The van der Waals surface area contributed by atoms with Crippen molar-refractivity contribution in [1.29, 1.82) is 0 Å². The second-order valence-corrected chi connectivity index (χ2v) is 7.26. The smallest absolute Gasteiger partial charge is 0.227 e. The summed E-state index contributed by atoms with van der Waals surface area (Å²) in [4.78, 5) is 24.3. The molecule has 0 saturated carbocycles. The van der Waals surface area contributed by atoms with E-state index in [0.29, 0.717) is 12.5 Å². The van der Waals surface area contributed by atoms with Crippen LogP contribution in [0.4, 0.5) is 5.82 Å². The van der Waals surface area contributed by atoms with Gasteiger partial charge < -0.3 is 10.2 Å². The van der Waals surface area contributed by atoms with Gasteiger partial charge in [-0.25, -0.2) is 9.97 Å². The van der Waals surface area contributed by atoms with Gasteiger partial charge in [0.1, 0.15) is 12.1 Å². The van der Waals surface area contributed by atoms with Crippen LogP contribution in [0.25, 0.3) is 0 Å². The summed E-state index contributed by atoms with van der Waals surface area (Å²) < 4.78 is 0. The minimum Gasteiger partial charge on any atom is -0.365 e. The highest BCUT2D eigenvalue weighted by Crippen LogP contribution is 2.26. The average molecular weight is 328 g/mol. The standard InChI is InChI=1S/C17H20N4OS/c22-16(9-13-3-2-8-23-13)21-7-6-12(10-21)20-17-14-4-1-5-15(14)18-11-19-17/h2-3,8,11-12H,1,4-7,9-10H2,(H,18,19,20)/t12-/m0/s1. The van der Waals surface area contributed by atoms with Crippen LogP contribution in [0.2, 0.25) is 0 Å². The number of aromatic nitrogens is 2. The van der Waals surface area contributed by atoms with Crippen molar-refractivity contribution in [2.45, 2.75) is 38.1 Å². The van der Waals surface area contributed by atoms with E-state index in [1.807, 2.05) is 22.4 Å². The second kappa shape index (κ2) is 6.28. The van der Waals surface area contributed by atoms with Crippen LogP contribution >= 0.6 is 11.3 Å². The lowest BCUT2D eigenvalue weighted by Gasteiger charge is -2.18. The van der Waals surface area contributed by atoms with Crippen LogP contribution in [0.3, 0.4) is 0 Å². The Morgan fingerprint density at radius 1 is 1.39 bits per heavy atom. The molecule has 1 atom stereocenters. The topological polar surface area (TPSA) is 58.1 Å². The maximum Gasteiger partial charge on any atom is 0.227 e. The number of hydrogen-bond acceptors (Lipinski definition) is 5. The second-order valence-electron chi connectivity index (χ2n) is 6.23. The van der Waals surface area contributed by atoms with E-state index >= 15 is 0 Å². The van der Waals surface area contributed by atoms with Gasteiger partial charge in [0.25, 0.3) is 0 Å². The normalized spacial score (nSPS) is 19.8. The van der Waals surface area contributed by atoms with Crippen LogP contribution in [-0.4, -0.2) is 39.9 Å². The summed E-state index contributed by atoms with van der Waals surface area (Å²) >= 11 is 1.65. The minimum atomic E-state index is 0.227. The molecule has 0 unspecified atom stereocenters. The molecule has 3 heterocycles. The Morgan fingerprint density at radius 3 is 3.22 bits per heavy atom. The first-order valence-corrected chi connectivity index (χ1v) is 9.07. The Labute approximate surface area is 139 Å². The summed E-state index contributed by atoms with van der Waals surface area (Å²) in [6, 6.07) is 4.32. The maximum absolute atomic E-state index is 12.4. The van der Waals surface area contributed by atoms with Gasteiger partial charge >= 0.3 is 0 Å². The van der Waals surface area contributed by atoms with Gasteiger partial charge in [0.2, 0.25) is 5.91 Å². The van der Waals surface area contributed by atoms with E-state index in [-0.39, 0.29) is 5.91 Å². The fourth-order valence-electron chi connectivity index (χ4n) is 3.46. The number of thiophene rings is 1. The van der Waals surface area contributed by atoms with Gasteiger partial charge in [-0.15, -0.1) is 11.3 Å². The molecule has 4 rings (SSSR count). The quantitative estimate of drug-likeness (QED) is 0.935. The molecule has 23 heavy (non-hydrogen) atoms. The Kier molecular flexibility index (Phi) is 3.99. The molecule has 6 heteroatoms. The maximum atomic E-state index is 12.4. The number of likely N-dealkylation sites (tertiary alicyclic amines) is 1. The third kappa shape index (κ3) is 3.08. The number of nitrogens with one attached hydrogen (secondary N) is 1. The highest BCUT2D eigenvalue weighted by atomic mass is 32.1. The zero-order chi connectivity index (χ0) is 15.6. The lowest BCUT2D eigenvalue weighted by molar-refractivity contribution is -0.129. The third-order valence-electron chi connectivity index (χ3n) is 4.66. The fourth-order valence-corrected chi connectivity index (χ4v) is 4.15. The average Bonchev–Trinajstić information content (AvgIpc) is 3.28. The van der Waals surface area contributed by atoms with Crippen LogP contribution in [0, 0.1) is 0 Å². The third-order valence-corrected chi connectivity index (χ3v) is 5.54. The molecule has 2 aliphatic rings. The van der Waals surface area contributed by atoms with Crippen molar-refractivity contribution in [3.8, 4) is 0 Å². The number of carbonyl (C=O) groups is 1. The first kappa shape index (κ1) is 14.6. The first-order chi connectivity index (χ1) is 11.3. The molecular formula is C17H20N4OS. The van der Waals surface area contributed by atoms with E-state index in [0.717, 1.165) is 43.0 Å². The molecule has 0 bridgehead atoms. The molecule has 1 amide bonds. The van der Waals surface area contributed by atoms with Crippen molar-refractivity contribution in [3.63, 3.8) is 0 Å². The molecule has 1 fully saturated rings. The predicted molar refractivity (Wildman–Crippen MR) is 90.7 cm³/mol. The summed E-state index contributed by atoms with van der Waals surface area (Å²) in [5.41, 5.74) is 2.46. The molecule has 1 aliphatic carbocycles. The number of hydrogen-bond donors (Lipinski definition) is 1. The molecular weight excluding hydrogens is 308 g/mol. The monoisotopic (exact) mass is 328 g/mol. The summed E-state index contributed by atoms with van der Waals surface area (Å²) in [6.07, 6.45) is 6.44. The van der Waals surface area contributed by atoms with E-state index in [4.69, 9.17) is 0 Å². The SMILES string of the molecule is O=C(Cc1cccs1)N1CC[C@H](Nc2ncnc3c2CCC3)C1. The van der Waals surface area contributed by atoms with Gasteiger partial charge in [0.05, 0.1) is 6.42 Å². The number of carbonyl (C=O) groups excluding carboxylic acids is 1. The lowest BCUT2D eigenvalue weighted by Crippen LogP contribution is -2.32. The van der Waals surface area contributed by atoms with E-state index in [9.17, 15) is 4.79 Å². The number of rotatable bonds is 4. The van der Waals surface area contributed by atoms with Crippen LogP contribution in [0.1, 0.15) is 29.0 Å². The number of amides is 1. The van der Waals surface area contributed by atoms with Gasteiger partial charge in [0.15, 0.2) is 0 Å². The largest absolute Gasteiger partial charge is 0.365 e. The molecule has 0 aromatic carbocycles. The van der Waals surface area contributed by atoms with Gasteiger partial charge in [-0.1, -0.05) is 6.07 Å². The van der Waals surface area contributed by atoms with Gasteiger partial charge in [-0.2, -0.15) is 0 Å². The molecule has 0 spiro atoms. The highest BCUT2D eigenvalue weighted by Gasteiger charge is 2.28. The van der Waals surface area contributed by atoms with Crippen LogP contribution < -0.4 is 5.32 Å². The van der Waals surface area contributed by atoms with Gasteiger partial charge in [0, 0.05) is 35.3 Å². The van der Waals surface area contributed by atoms with E-state index in [1.54, 1.807) is 17.7 Å². The number of nitrogens with zero attached hydrogens (tertiary/aromatic N) is 3. The Bertz CT molecular complexity index is 701. The van der Waals surface area contributed by atoms with Crippen LogP contribution in [0.15, 0.2) is 23.8 Å². The van der Waals surface area contributed by atoms with Crippen molar-refractivity contribution in [3.05, 3.63) is 40.0 Å². The molecule has 2 aromatic rings. The Balaban J connectivity index is 1.37. The Hall–Kier alpha value is -1.95. The first-order valence-electron chi connectivity index (χ1n) is 8.19. The summed E-state index contributed by atoms with van der Waals surface area (Å²) in [6.45, 7) is 1.60. The molecule has 120 valence electrons. The van der Waals surface area contributed by atoms with Crippen molar-refractivity contribution >= 4 is 23.1 Å². The number of fused-ring (bicyclic) bond motifs is 1. The van der Waals surface area contributed by atoms with Gasteiger partial charge in [-0.05, 0) is 37.1 Å². The van der Waals surface area contributed by atoms with Crippen molar-refractivity contribution < 1.29 is 4.79 Å². The highest BCUT2D eigenvalue weighted by molar-refractivity contribution is 7.10. The number of aryl methyl sites for hydroxylation is 1. The molecule has 1 N–H and O–H groups in total. The van der Waals surface area contributed by atoms with Crippen molar-refractivity contribution in [1.82, 2.24) is 14.9 Å². The lowest BCUT2D eigenvalue weighted by atomic mass is 10.2. The summed E-state index contributed by atoms with van der Waals surface area (Å²) in [7, 11) is 0. The molecule has 1 aliphatic heterocycles. The molecule has 2 aromatic heterocycles. The number of anilines is 1. The molecule has 1 saturated heterocycles.